The Balaban J connectivity index is 1.43. The van der Waals surface area contributed by atoms with Crippen LogP contribution in [0.15, 0.2) is 48.5 Å². The fraction of sp³-hybridized carbons (Fsp3) is 0.167. The number of fused-ring (bicyclic) bond motifs is 1. The Morgan fingerprint density at radius 3 is 2.64 bits per heavy atom. The van der Waals surface area contributed by atoms with E-state index in [4.69, 9.17) is 4.74 Å². The molecule has 2 aromatic carbocycles. The van der Waals surface area contributed by atoms with Crippen molar-refractivity contribution >= 4 is 39.1 Å². The maximum atomic E-state index is 12.8. The molecule has 3 rings (SSSR count). The SMILES string of the molecule is O=C(COC(=O)CCc1nc2ccccc2s1)Nc1ccc(F)cc1. The quantitative estimate of drug-likeness (QED) is 0.684. The Morgan fingerprint density at radius 2 is 1.88 bits per heavy atom. The van der Waals surface area contributed by atoms with Gasteiger partial charge < -0.3 is 10.1 Å². The number of halogens is 1. The number of anilines is 1. The van der Waals surface area contributed by atoms with Gasteiger partial charge in [-0.1, -0.05) is 12.1 Å². The lowest BCUT2D eigenvalue weighted by Crippen LogP contribution is -2.21. The van der Waals surface area contributed by atoms with Gasteiger partial charge in [0.1, 0.15) is 5.82 Å². The van der Waals surface area contributed by atoms with Gasteiger partial charge in [0, 0.05) is 12.1 Å². The molecule has 1 heterocycles. The van der Waals surface area contributed by atoms with Crippen LogP contribution < -0.4 is 5.32 Å². The average Bonchev–Trinajstić information content (AvgIpc) is 3.03. The number of aromatic nitrogens is 1. The van der Waals surface area contributed by atoms with Crippen LogP contribution in [0, 0.1) is 5.82 Å². The minimum Gasteiger partial charge on any atom is -0.456 e. The van der Waals surface area contributed by atoms with Crippen molar-refractivity contribution < 1.29 is 18.7 Å². The number of thiazole rings is 1. The van der Waals surface area contributed by atoms with E-state index in [0.29, 0.717) is 12.1 Å². The highest BCUT2D eigenvalue weighted by atomic mass is 32.1. The molecule has 0 radical (unpaired) electrons. The molecule has 3 aromatic rings. The Labute approximate surface area is 147 Å². The summed E-state index contributed by atoms with van der Waals surface area (Å²) in [5, 5.41) is 3.38. The zero-order valence-corrected chi connectivity index (χ0v) is 14.0. The van der Waals surface area contributed by atoms with Crippen molar-refractivity contribution in [3.63, 3.8) is 0 Å². The number of carbonyl (C=O) groups is 2. The van der Waals surface area contributed by atoms with Crippen LogP contribution in [0.2, 0.25) is 0 Å². The van der Waals surface area contributed by atoms with Gasteiger partial charge in [-0.3, -0.25) is 9.59 Å². The number of esters is 1. The second-order valence-electron chi connectivity index (χ2n) is 5.29. The summed E-state index contributed by atoms with van der Waals surface area (Å²) in [7, 11) is 0. The van der Waals surface area contributed by atoms with Crippen LogP contribution in [0.5, 0.6) is 0 Å². The van der Waals surface area contributed by atoms with E-state index in [1.165, 1.54) is 35.6 Å². The van der Waals surface area contributed by atoms with Crippen LogP contribution in [-0.4, -0.2) is 23.5 Å². The van der Waals surface area contributed by atoms with Gasteiger partial charge in [0.2, 0.25) is 0 Å². The van der Waals surface area contributed by atoms with E-state index in [2.05, 4.69) is 10.3 Å². The Hall–Kier alpha value is -2.80. The van der Waals surface area contributed by atoms with Gasteiger partial charge in [-0.15, -0.1) is 11.3 Å². The van der Waals surface area contributed by atoms with E-state index in [0.717, 1.165) is 15.2 Å². The zero-order valence-electron chi connectivity index (χ0n) is 13.2. The first-order valence-corrected chi connectivity index (χ1v) is 8.47. The number of nitrogens with one attached hydrogen (secondary N) is 1. The second-order valence-corrected chi connectivity index (χ2v) is 6.41. The predicted molar refractivity (Wildman–Crippen MR) is 93.9 cm³/mol. The predicted octanol–water partition coefficient (Wildman–Crippen LogP) is 3.55. The van der Waals surface area contributed by atoms with Crippen molar-refractivity contribution in [1.82, 2.24) is 4.98 Å². The molecule has 0 fully saturated rings. The molecule has 1 aromatic heterocycles. The third-order valence-electron chi connectivity index (χ3n) is 3.37. The third-order valence-corrected chi connectivity index (χ3v) is 4.47. The van der Waals surface area contributed by atoms with Crippen LogP contribution in [0.25, 0.3) is 10.2 Å². The first-order chi connectivity index (χ1) is 12.1. The van der Waals surface area contributed by atoms with Crippen molar-refractivity contribution in [2.24, 2.45) is 0 Å². The Bertz CT molecular complexity index is 860. The second kappa shape index (κ2) is 7.85. The van der Waals surface area contributed by atoms with Gasteiger partial charge in [0.25, 0.3) is 5.91 Å². The van der Waals surface area contributed by atoms with Gasteiger partial charge >= 0.3 is 5.97 Å². The van der Waals surface area contributed by atoms with Crippen molar-refractivity contribution in [2.45, 2.75) is 12.8 Å². The van der Waals surface area contributed by atoms with Gasteiger partial charge in [-0.2, -0.15) is 0 Å². The summed E-state index contributed by atoms with van der Waals surface area (Å²) in [4.78, 5) is 27.9. The third kappa shape index (κ3) is 4.84. The van der Waals surface area contributed by atoms with Crippen molar-refractivity contribution in [3.05, 3.63) is 59.4 Å². The van der Waals surface area contributed by atoms with Crippen molar-refractivity contribution in [3.8, 4) is 0 Å². The van der Waals surface area contributed by atoms with E-state index >= 15 is 0 Å². The number of nitrogens with zero attached hydrogens (tertiary/aromatic N) is 1. The first kappa shape index (κ1) is 17.0. The Morgan fingerprint density at radius 1 is 1.12 bits per heavy atom. The highest BCUT2D eigenvalue weighted by Crippen LogP contribution is 2.22. The lowest BCUT2D eigenvalue weighted by Gasteiger charge is -2.06. The number of carbonyl (C=O) groups excluding carboxylic acids is 2. The molecule has 0 bridgehead atoms. The smallest absolute Gasteiger partial charge is 0.306 e. The van der Waals surface area contributed by atoms with Crippen LogP contribution >= 0.6 is 11.3 Å². The summed E-state index contributed by atoms with van der Waals surface area (Å²) >= 11 is 1.54. The summed E-state index contributed by atoms with van der Waals surface area (Å²) in [6.07, 6.45) is 0.626. The maximum absolute atomic E-state index is 12.8. The molecule has 0 aliphatic carbocycles. The summed E-state index contributed by atoms with van der Waals surface area (Å²) in [5.41, 5.74) is 1.35. The number of rotatable bonds is 6. The molecule has 0 aliphatic heterocycles. The first-order valence-electron chi connectivity index (χ1n) is 7.65. The molecule has 5 nitrogen and oxygen atoms in total. The normalized spacial score (nSPS) is 10.6. The van der Waals surface area contributed by atoms with E-state index in [1.54, 1.807) is 0 Å². The maximum Gasteiger partial charge on any atom is 0.306 e. The van der Waals surface area contributed by atoms with E-state index < -0.39 is 11.9 Å². The molecule has 0 spiro atoms. The number of ether oxygens (including phenoxy) is 1. The average molecular weight is 358 g/mol. The van der Waals surface area contributed by atoms with Crippen molar-refractivity contribution in [1.29, 1.82) is 0 Å². The van der Waals surface area contributed by atoms with Crippen LogP contribution in [0.3, 0.4) is 0 Å². The molecule has 0 saturated carbocycles. The number of hydrogen-bond donors (Lipinski definition) is 1. The highest BCUT2D eigenvalue weighted by Gasteiger charge is 2.10. The Kier molecular flexibility index (Phi) is 5.35. The largest absolute Gasteiger partial charge is 0.456 e. The molecule has 128 valence electrons. The van der Waals surface area contributed by atoms with E-state index in [-0.39, 0.29) is 18.8 Å². The number of amides is 1. The van der Waals surface area contributed by atoms with Crippen LogP contribution in [-0.2, 0) is 20.7 Å². The zero-order chi connectivity index (χ0) is 17.6. The molecular weight excluding hydrogens is 343 g/mol. The summed E-state index contributed by atoms with van der Waals surface area (Å²) in [6, 6.07) is 13.1. The monoisotopic (exact) mass is 358 g/mol. The lowest BCUT2D eigenvalue weighted by molar-refractivity contribution is -0.147. The van der Waals surface area contributed by atoms with Gasteiger partial charge in [0.05, 0.1) is 21.6 Å². The molecule has 7 heteroatoms. The number of hydrogen-bond acceptors (Lipinski definition) is 5. The minimum atomic E-state index is -0.472. The molecule has 0 atom stereocenters. The minimum absolute atomic E-state index is 0.156. The van der Waals surface area contributed by atoms with Crippen LogP contribution in [0.4, 0.5) is 10.1 Å². The summed E-state index contributed by atoms with van der Waals surface area (Å²) in [5.74, 6) is -1.33. The van der Waals surface area contributed by atoms with Gasteiger partial charge in [-0.25, -0.2) is 9.37 Å². The fourth-order valence-electron chi connectivity index (χ4n) is 2.18. The van der Waals surface area contributed by atoms with Gasteiger partial charge in [-0.05, 0) is 36.4 Å². The highest BCUT2D eigenvalue weighted by molar-refractivity contribution is 7.18. The number of aryl methyl sites for hydroxylation is 1. The topological polar surface area (TPSA) is 68.3 Å². The molecule has 25 heavy (non-hydrogen) atoms. The fourth-order valence-corrected chi connectivity index (χ4v) is 3.15. The molecule has 0 unspecified atom stereocenters. The lowest BCUT2D eigenvalue weighted by atomic mass is 10.3. The standard InChI is InChI=1S/C18H15FN2O3S/c19-12-5-7-13(8-6-12)20-16(22)11-24-18(23)10-9-17-21-14-3-1-2-4-15(14)25-17/h1-8H,9-11H2,(H,20,22). The molecule has 0 aliphatic rings. The summed E-state index contributed by atoms with van der Waals surface area (Å²) in [6.45, 7) is -0.379. The van der Waals surface area contributed by atoms with Gasteiger partial charge in [0.15, 0.2) is 6.61 Å². The van der Waals surface area contributed by atoms with Crippen molar-refractivity contribution in [2.75, 3.05) is 11.9 Å². The molecule has 1 N–H and O–H groups in total. The number of para-hydroxylation sites is 1. The number of benzene rings is 2. The molecule has 1 amide bonds. The summed E-state index contributed by atoms with van der Waals surface area (Å²) < 4.78 is 18.8. The van der Waals surface area contributed by atoms with E-state index in [9.17, 15) is 14.0 Å². The van der Waals surface area contributed by atoms with Crippen LogP contribution in [0.1, 0.15) is 11.4 Å². The molecule has 0 saturated heterocycles. The molecular formula is C18H15FN2O3S. The van der Waals surface area contributed by atoms with E-state index in [1.807, 2.05) is 24.3 Å².